The Morgan fingerprint density at radius 3 is 2.22 bits per heavy atom. The summed E-state index contributed by atoms with van der Waals surface area (Å²) in [5, 5.41) is 3.63. The number of amides is 2. The Kier molecular flexibility index (Phi) is 11.5. The molecule has 2 amide bonds. The molecule has 2 aromatic carbocycles. The Morgan fingerprint density at radius 1 is 1.05 bits per heavy atom. The topological polar surface area (TPSA) is 96.0 Å². The van der Waals surface area contributed by atoms with Gasteiger partial charge in [-0.2, -0.15) is 0 Å². The van der Waals surface area contributed by atoms with Crippen LogP contribution in [-0.2, 0) is 26.2 Å². The summed E-state index contributed by atoms with van der Waals surface area (Å²) in [7, 11) is -2.05. The molecule has 0 aromatic heterocycles. The van der Waals surface area contributed by atoms with Gasteiger partial charge in [0, 0.05) is 25.6 Å². The molecule has 0 aliphatic heterocycles. The van der Waals surface area contributed by atoms with E-state index in [2.05, 4.69) is 5.32 Å². The van der Waals surface area contributed by atoms with Crippen molar-refractivity contribution in [1.82, 2.24) is 10.2 Å². The zero-order valence-electron chi connectivity index (χ0n) is 21.8. The number of benzene rings is 2. The van der Waals surface area contributed by atoms with Crippen molar-refractivity contribution < 1.29 is 22.7 Å². The number of carbonyl (C=O) groups is 2. The molecule has 0 fully saturated rings. The van der Waals surface area contributed by atoms with Crippen LogP contribution in [0.25, 0.3) is 0 Å². The van der Waals surface area contributed by atoms with E-state index in [1.807, 2.05) is 20.8 Å². The molecule has 204 valence electrons. The SMILES string of the molecule is CCC(C(=O)NC(C)C)N(Cc1ccc(Cl)c(Cl)c1)C(=O)CCCN(c1ccc(OC)cc1)S(C)(=O)=O. The van der Waals surface area contributed by atoms with E-state index in [4.69, 9.17) is 27.9 Å². The Hall–Kier alpha value is -2.49. The molecule has 11 heteroatoms. The van der Waals surface area contributed by atoms with Crippen LogP contribution in [0.1, 0.15) is 45.6 Å². The number of hydrogen-bond donors (Lipinski definition) is 1. The highest BCUT2D eigenvalue weighted by Gasteiger charge is 2.29. The number of halogens is 2. The molecule has 37 heavy (non-hydrogen) atoms. The number of rotatable bonds is 13. The highest BCUT2D eigenvalue weighted by atomic mass is 35.5. The molecule has 0 saturated carbocycles. The molecule has 0 heterocycles. The minimum Gasteiger partial charge on any atom is -0.497 e. The second-order valence-corrected chi connectivity index (χ2v) is 11.7. The van der Waals surface area contributed by atoms with Gasteiger partial charge in [0.05, 0.1) is 29.1 Å². The van der Waals surface area contributed by atoms with Crippen LogP contribution in [0.15, 0.2) is 42.5 Å². The van der Waals surface area contributed by atoms with E-state index in [-0.39, 0.29) is 43.8 Å². The Bertz CT molecular complexity index is 1170. The lowest BCUT2D eigenvalue weighted by molar-refractivity contribution is -0.141. The molecule has 0 bridgehead atoms. The third-order valence-electron chi connectivity index (χ3n) is 5.67. The Morgan fingerprint density at radius 2 is 1.70 bits per heavy atom. The maximum absolute atomic E-state index is 13.4. The van der Waals surface area contributed by atoms with Crippen molar-refractivity contribution in [3.63, 3.8) is 0 Å². The molecule has 0 radical (unpaired) electrons. The molecule has 8 nitrogen and oxygen atoms in total. The van der Waals surface area contributed by atoms with Crippen molar-refractivity contribution in [2.24, 2.45) is 0 Å². The number of carbonyl (C=O) groups excluding carboxylic acids is 2. The third-order valence-corrected chi connectivity index (χ3v) is 7.60. The molecule has 0 spiro atoms. The van der Waals surface area contributed by atoms with Gasteiger partial charge in [-0.1, -0.05) is 36.2 Å². The van der Waals surface area contributed by atoms with E-state index >= 15 is 0 Å². The van der Waals surface area contributed by atoms with Crippen molar-refractivity contribution in [1.29, 1.82) is 0 Å². The maximum Gasteiger partial charge on any atom is 0.243 e. The molecule has 1 unspecified atom stereocenters. The van der Waals surface area contributed by atoms with E-state index in [0.717, 1.165) is 11.8 Å². The van der Waals surface area contributed by atoms with Crippen LogP contribution in [0.2, 0.25) is 10.0 Å². The van der Waals surface area contributed by atoms with Gasteiger partial charge in [-0.3, -0.25) is 13.9 Å². The Balaban J connectivity index is 2.23. The predicted molar refractivity (Wildman–Crippen MR) is 149 cm³/mol. The first-order chi connectivity index (χ1) is 17.4. The van der Waals surface area contributed by atoms with Crippen molar-refractivity contribution in [2.45, 2.75) is 58.7 Å². The molecule has 0 aliphatic carbocycles. The highest BCUT2D eigenvalue weighted by Crippen LogP contribution is 2.25. The minimum absolute atomic E-state index is 0.0506. The third kappa shape index (κ3) is 9.09. The second kappa shape index (κ2) is 13.9. The number of hydrogen-bond acceptors (Lipinski definition) is 5. The quantitative estimate of drug-likeness (QED) is 0.369. The zero-order valence-corrected chi connectivity index (χ0v) is 24.2. The zero-order chi connectivity index (χ0) is 27.8. The number of methoxy groups -OCH3 is 1. The summed E-state index contributed by atoms with van der Waals surface area (Å²) < 4.78 is 31.3. The van der Waals surface area contributed by atoms with Crippen molar-refractivity contribution in [2.75, 3.05) is 24.2 Å². The van der Waals surface area contributed by atoms with Crippen LogP contribution in [0.4, 0.5) is 5.69 Å². The second-order valence-electron chi connectivity index (χ2n) is 8.99. The number of sulfonamides is 1. The van der Waals surface area contributed by atoms with E-state index in [1.165, 1.54) is 16.3 Å². The average molecular weight is 573 g/mol. The van der Waals surface area contributed by atoms with Crippen molar-refractivity contribution in [3.8, 4) is 5.75 Å². The first kappa shape index (κ1) is 30.7. The van der Waals surface area contributed by atoms with E-state index in [9.17, 15) is 18.0 Å². The molecule has 0 saturated heterocycles. The van der Waals surface area contributed by atoms with Gasteiger partial charge in [0.25, 0.3) is 0 Å². The summed E-state index contributed by atoms with van der Waals surface area (Å²) >= 11 is 12.2. The van der Waals surface area contributed by atoms with Crippen LogP contribution in [-0.4, -0.2) is 57.1 Å². The lowest BCUT2D eigenvalue weighted by Crippen LogP contribution is -2.50. The van der Waals surface area contributed by atoms with Crippen molar-refractivity contribution in [3.05, 3.63) is 58.1 Å². The van der Waals surface area contributed by atoms with Gasteiger partial charge in [-0.25, -0.2) is 8.42 Å². The monoisotopic (exact) mass is 571 g/mol. The van der Waals surface area contributed by atoms with Crippen molar-refractivity contribution >= 4 is 50.7 Å². The van der Waals surface area contributed by atoms with E-state index < -0.39 is 16.1 Å². The summed E-state index contributed by atoms with van der Waals surface area (Å²) in [5.41, 5.74) is 1.21. The lowest BCUT2D eigenvalue weighted by Gasteiger charge is -2.31. The predicted octanol–water partition coefficient (Wildman–Crippen LogP) is 4.88. The number of nitrogens with zero attached hydrogens (tertiary/aromatic N) is 2. The minimum atomic E-state index is -3.58. The van der Waals surface area contributed by atoms with Gasteiger partial charge in [-0.15, -0.1) is 0 Å². The van der Waals surface area contributed by atoms with Crippen LogP contribution in [0.3, 0.4) is 0 Å². The first-order valence-electron chi connectivity index (χ1n) is 12.0. The maximum atomic E-state index is 13.4. The molecular weight excluding hydrogens is 537 g/mol. The molecule has 2 aromatic rings. The van der Waals surface area contributed by atoms with Gasteiger partial charge in [0.1, 0.15) is 11.8 Å². The lowest BCUT2D eigenvalue weighted by atomic mass is 10.1. The fourth-order valence-electron chi connectivity index (χ4n) is 3.89. The van der Waals surface area contributed by atoms with Crippen LogP contribution in [0.5, 0.6) is 5.75 Å². The Labute approximate surface area is 229 Å². The number of nitrogens with one attached hydrogen (secondary N) is 1. The summed E-state index contributed by atoms with van der Waals surface area (Å²) in [5.74, 6) is 0.0949. The molecule has 1 N–H and O–H groups in total. The summed E-state index contributed by atoms with van der Waals surface area (Å²) in [6.07, 6.45) is 1.85. The van der Waals surface area contributed by atoms with Crippen LogP contribution < -0.4 is 14.4 Å². The molecular formula is C26H35Cl2N3O5S. The summed E-state index contributed by atoms with van der Waals surface area (Å²) in [6.45, 7) is 5.82. The van der Waals surface area contributed by atoms with E-state index in [1.54, 1.807) is 42.5 Å². The fraction of sp³-hybridized carbons (Fsp3) is 0.462. The first-order valence-corrected chi connectivity index (χ1v) is 14.6. The largest absolute Gasteiger partial charge is 0.497 e. The summed E-state index contributed by atoms with van der Waals surface area (Å²) in [6, 6.07) is 11.0. The smallest absolute Gasteiger partial charge is 0.243 e. The van der Waals surface area contributed by atoms with Gasteiger partial charge in [0.15, 0.2) is 0 Å². The van der Waals surface area contributed by atoms with Gasteiger partial charge in [-0.05, 0) is 68.7 Å². The standard InChI is InChI=1S/C26H35Cl2N3O5S/c1-6-24(26(33)29-18(2)3)30(17-19-9-14-22(27)23(28)16-19)25(32)8-7-15-31(37(5,34)35)20-10-12-21(36-4)13-11-20/h9-14,16,18,24H,6-8,15,17H2,1-5H3,(H,29,33). The average Bonchev–Trinajstić information content (AvgIpc) is 2.82. The van der Waals surface area contributed by atoms with Gasteiger partial charge < -0.3 is 15.0 Å². The normalized spacial score (nSPS) is 12.2. The fourth-order valence-corrected chi connectivity index (χ4v) is 5.17. The molecule has 1 atom stereocenters. The highest BCUT2D eigenvalue weighted by molar-refractivity contribution is 7.92. The number of anilines is 1. The molecule has 0 aliphatic rings. The van der Waals surface area contributed by atoms with Gasteiger partial charge in [0.2, 0.25) is 21.8 Å². The summed E-state index contributed by atoms with van der Waals surface area (Å²) in [4.78, 5) is 27.9. The molecule has 2 rings (SSSR count). The van der Waals surface area contributed by atoms with E-state index in [0.29, 0.717) is 27.9 Å². The van der Waals surface area contributed by atoms with Gasteiger partial charge >= 0.3 is 0 Å². The van der Waals surface area contributed by atoms with Crippen LogP contribution in [0, 0.1) is 0 Å². The van der Waals surface area contributed by atoms with Crippen LogP contribution >= 0.6 is 23.2 Å². The number of ether oxygens (including phenoxy) is 1.